The van der Waals surface area contributed by atoms with Crippen LogP contribution < -0.4 is 5.73 Å². The molecular formula is C14H17N3. The first-order valence-electron chi connectivity index (χ1n) is 6.01. The summed E-state index contributed by atoms with van der Waals surface area (Å²) in [6, 6.07) is 7.97. The SMILES string of the molecule is CC1(C)CC1(CN)c1cnc2ccccc2n1. The monoisotopic (exact) mass is 227 g/mol. The smallest absolute Gasteiger partial charge is 0.0890 e. The summed E-state index contributed by atoms with van der Waals surface area (Å²) in [5.74, 6) is 0. The molecule has 1 heterocycles. The number of benzene rings is 1. The highest BCUT2D eigenvalue weighted by Gasteiger charge is 2.62. The van der Waals surface area contributed by atoms with Gasteiger partial charge >= 0.3 is 0 Å². The van der Waals surface area contributed by atoms with E-state index in [1.165, 1.54) is 0 Å². The Bertz CT molecular complexity index is 576. The second-order valence-corrected chi connectivity index (χ2v) is 5.59. The van der Waals surface area contributed by atoms with Crippen LogP contribution in [0.1, 0.15) is 26.0 Å². The standard InChI is InChI=1S/C14H17N3/c1-13(2)8-14(13,9-15)12-7-16-10-5-3-4-6-11(10)17-12/h3-7H,8-9,15H2,1-2H3. The van der Waals surface area contributed by atoms with Gasteiger partial charge in [0.25, 0.3) is 0 Å². The minimum atomic E-state index is 0.0318. The third-order valence-corrected chi connectivity index (χ3v) is 4.20. The van der Waals surface area contributed by atoms with Crippen LogP contribution in [-0.4, -0.2) is 16.5 Å². The summed E-state index contributed by atoms with van der Waals surface area (Å²) in [4.78, 5) is 9.22. The predicted molar refractivity (Wildman–Crippen MR) is 68.7 cm³/mol. The molecule has 2 aromatic rings. The largest absolute Gasteiger partial charge is 0.330 e. The predicted octanol–water partition coefficient (Wildman–Crippen LogP) is 2.26. The minimum Gasteiger partial charge on any atom is -0.330 e. The lowest BCUT2D eigenvalue weighted by Crippen LogP contribution is -2.26. The molecule has 1 aliphatic rings. The van der Waals surface area contributed by atoms with Crippen LogP contribution in [0.5, 0.6) is 0 Å². The van der Waals surface area contributed by atoms with E-state index in [4.69, 9.17) is 10.7 Å². The van der Waals surface area contributed by atoms with Crippen molar-refractivity contribution < 1.29 is 0 Å². The molecule has 0 saturated heterocycles. The van der Waals surface area contributed by atoms with Gasteiger partial charge in [-0.05, 0) is 24.0 Å². The van der Waals surface area contributed by atoms with Gasteiger partial charge in [0.05, 0.1) is 16.7 Å². The summed E-state index contributed by atoms with van der Waals surface area (Å²) in [5, 5.41) is 0. The minimum absolute atomic E-state index is 0.0318. The first-order chi connectivity index (χ1) is 8.09. The van der Waals surface area contributed by atoms with Gasteiger partial charge in [0.1, 0.15) is 0 Å². The van der Waals surface area contributed by atoms with E-state index in [9.17, 15) is 0 Å². The van der Waals surface area contributed by atoms with Crippen molar-refractivity contribution in [1.29, 1.82) is 0 Å². The van der Waals surface area contributed by atoms with Gasteiger partial charge in [-0.3, -0.25) is 4.98 Å². The van der Waals surface area contributed by atoms with E-state index in [-0.39, 0.29) is 10.8 Å². The fourth-order valence-corrected chi connectivity index (χ4v) is 2.79. The Morgan fingerprint density at radius 2 is 1.88 bits per heavy atom. The van der Waals surface area contributed by atoms with Crippen LogP contribution in [0.2, 0.25) is 0 Å². The van der Waals surface area contributed by atoms with Crippen LogP contribution >= 0.6 is 0 Å². The van der Waals surface area contributed by atoms with Crippen molar-refractivity contribution in [1.82, 2.24) is 9.97 Å². The van der Waals surface area contributed by atoms with E-state index in [2.05, 4.69) is 18.8 Å². The summed E-state index contributed by atoms with van der Waals surface area (Å²) in [5.41, 5.74) is 9.18. The third-order valence-electron chi connectivity index (χ3n) is 4.20. The van der Waals surface area contributed by atoms with Gasteiger partial charge < -0.3 is 5.73 Å². The lowest BCUT2D eigenvalue weighted by molar-refractivity contribution is 0.493. The topological polar surface area (TPSA) is 51.8 Å². The molecule has 1 aliphatic carbocycles. The van der Waals surface area contributed by atoms with Crippen molar-refractivity contribution in [3.8, 4) is 0 Å². The second-order valence-electron chi connectivity index (χ2n) is 5.59. The summed E-state index contributed by atoms with van der Waals surface area (Å²) in [7, 11) is 0. The Morgan fingerprint density at radius 1 is 1.24 bits per heavy atom. The zero-order valence-electron chi connectivity index (χ0n) is 10.3. The first-order valence-corrected chi connectivity index (χ1v) is 6.01. The quantitative estimate of drug-likeness (QED) is 0.856. The molecule has 1 aromatic heterocycles. The van der Waals surface area contributed by atoms with Crippen molar-refractivity contribution in [3.63, 3.8) is 0 Å². The Morgan fingerprint density at radius 3 is 2.47 bits per heavy atom. The zero-order valence-corrected chi connectivity index (χ0v) is 10.3. The number of nitrogens with two attached hydrogens (primary N) is 1. The molecule has 88 valence electrons. The molecule has 3 nitrogen and oxygen atoms in total. The summed E-state index contributed by atoms with van der Waals surface area (Å²) in [6.07, 6.45) is 2.99. The molecule has 1 saturated carbocycles. The highest BCUT2D eigenvalue weighted by atomic mass is 14.9. The molecule has 3 heteroatoms. The van der Waals surface area contributed by atoms with E-state index in [1.807, 2.05) is 30.5 Å². The summed E-state index contributed by atoms with van der Waals surface area (Å²) < 4.78 is 0. The van der Waals surface area contributed by atoms with Crippen LogP contribution in [0.4, 0.5) is 0 Å². The Balaban J connectivity index is 2.13. The molecule has 1 fully saturated rings. The van der Waals surface area contributed by atoms with E-state index in [1.54, 1.807) is 0 Å². The first kappa shape index (κ1) is 10.7. The van der Waals surface area contributed by atoms with Crippen molar-refractivity contribution in [3.05, 3.63) is 36.2 Å². The maximum absolute atomic E-state index is 5.95. The molecule has 1 unspecified atom stereocenters. The maximum Gasteiger partial charge on any atom is 0.0890 e. The number of hydrogen-bond acceptors (Lipinski definition) is 3. The summed E-state index contributed by atoms with van der Waals surface area (Å²) in [6.45, 7) is 5.14. The second kappa shape index (κ2) is 3.26. The number of fused-ring (bicyclic) bond motifs is 1. The van der Waals surface area contributed by atoms with Gasteiger partial charge in [-0.15, -0.1) is 0 Å². The van der Waals surface area contributed by atoms with Crippen molar-refractivity contribution >= 4 is 11.0 Å². The molecule has 0 bridgehead atoms. The molecule has 0 spiro atoms. The van der Waals surface area contributed by atoms with E-state index >= 15 is 0 Å². The number of rotatable bonds is 2. The van der Waals surface area contributed by atoms with Gasteiger partial charge in [-0.25, -0.2) is 4.98 Å². The molecule has 0 radical (unpaired) electrons. The highest BCUT2D eigenvalue weighted by molar-refractivity contribution is 5.73. The lowest BCUT2D eigenvalue weighted by atomic mass is 9.92. The molecule has 3 rings (SSSR count). The van der Waals surface area contributed by atoms with Gasteiger partial charge in [0, 0.05) is 18.2 Å². The number of nitrogens with zero attached hydrogens (tertiary/aromatic N) is 2. The van der Waals surface area contributed by atoms with Crippen LogP contribution in [0.15, 0.2) is 30.5 Å². The number of aromatic nitrogens is 2. The average Bonchev–Trinajstić information content (AvgIpc) is 2.92. The normalized spacial score (nSPS) is 26.1. The van der Waals surface area contributed by atoms with Gasteiger partial charge in [-0.1, -0.05) is 26.0 Å². The van der Waals surface area contributed by atoms with Gasteiger partial charge in [0.15, 0.2) is 0 Å². The van der Waals surface area contributed by atoms with Crippen LogP contribution in [0.3, 0.4) is 0 Å². The Kier molecular flexibility index (Phi) is 2.05. The van der Waals surface area contributed by atoms with Gasteiger partial charge in [0.2, 0.25) is 0 Å². The molecular weight excluding hydrogens is 210 g/mol. The van der Waals surface area contributed by atoms with Crippen LogP contribution in [0.25, 0.3) is 11.0 Å². The van der Waals surface area contributed by atoms with Crippen molar-refractivity contribution in [2.45, 2.75) is 25.7 Å². The fraction of sp³-hybridized carbons (Fsp3) is 0.429. The Labute approximate surface area is 101 Å². The third kappa shape index (κ3) is 1.39. The Hall–Kier alpha value is -1.48. The fourth-order valence-electron chi connectivity index (χ4n) is 2.79. The molecule has 0 aliphatic heterocycles. The number of para-hydroxylation sites is 2. The van der Waals surface area contributed by atoms with Crippen molar-refractivity contribution in [2.24, 2.45) is 11.1 Å². The summed E-state index contributed by atoms with van der Waals surface area (Å²) >= 11 is 0. The van der Waals surface area contributed by atoms with Gasteiger partial charge in [-0.2, -0.15) is 0 Å². The average molecular weight is 227 g/mol. The van der Waals surface area contributed by atoms with Crippen molar-refractivity contribution in [2.75, 3.05) is 6.54 Å². The van der Waals surface area contributed by atoms with Crippen LogP contribution in [0, 0.1) is 5.41 Å². The molecule has 1 atom stereocenters. The lowest BCUT2D eigenvalue weighted by Gasteiger charge is -2.17. The molecule has 17 heavy (non-hydrogen) atoms. The molecule has 1 aromatic carbocycles. The molecule has 0 amide bonds. The maximum atomic E-state index is 5.95. The van der Waals surface area contributed by atoms with E-state index in [0.29, 0.717) is 6.54 Å². The number of hydrogen-bond donors (Lipinski definition) is 1. The molecule has 2 N–H and O–H groups in total. The van der Waals surface area contributed by atoms with E-state index in [0.717, 1.165) is 23.1 Å². The van der Waals surface area contributed by atoms with Crippen LogP contribution in [-0.2, 0) is 5.41 Å². The zero-order chi connectivity index (χ0) is 12.1. The highest BCUT2D eigenvalue weighted by Crippen LogP contribution is 2.63. The van der Waals surface area contributed by atoms with E-state index < -0.39 is 0 Å².